The van der Waals surface area contributed by atoms with Crippen LogP contribution in [0, 0.1) is 17.2 Å². The quantitative estimate of drug-likeness (QED) is 0.718. The summed E-state index contributed by atoms with van der Waals surface area (Å²) in [6, 6.07) is 2.06. The lowest BCUT2D eigenvalue weighted by Crippen LogP contribution is -2.31. The molecule has 5 heteroatoms. The van der Waals surface area contributed by atoms with Gasteiger partial charge in [-0.1, -0.05) is 13.8 Å². The number of nitrogens with zero attached hydrogens (tertiary/aromatic N) is 2. The Kier molecular flexibility index (Phi) is 8.26. The molecule has 0 saturated carbocycles. The maximum Gasteiger partial charge on any atom is 0.317 e. The van der Waals surface area contributed by atoms with Gasteiger partial charge in [-0.2, -0.15) is 5.26 Å². The van der Waals surface area contributed by atoms with Crippen LogP contribution in [0.25, 0.3) is 0 Å². The van der Waals surface area contributed by atoms with Gasteiger partial charge in [-0.05, 0) is 6.92 Å². The summed E-state index contributed by atoms with van der Waals surface area (Å²) in [6.45, 7) is 8.81. The lowest BCUT2D eigenvalue weighted by atomic mass is 10.2. The van der Waals surface area contributed by atoms with E-state index >= 15 is 0 Å². The van der Waals surface area contributed by atoms with E-state index in [1.54, 1.807) is 4.90 Å². The maximum atomic E-state index is 11.1. The molecule has 1 saturated heterocycles. The van der Waals surface area contributed by atoms with Crippen LogP contribution < -0.4 is 5.32 Å². The second-order valence-corrected chi connectivity index (χ2v) is 3.32. The molecule has 0 spiro atoms. The van der Waals surface area contributed by atoms with Crippen LogP contribution in [0.5, 0.6) is 0 Å². The molecule has 92 valence electrons. The number of carbonyl (C=O) groups excluding carboxylic acids is 1. The van der Waals surface area contributed by atoms with Crippen LogP contribution in [-0.2, 0) is 4.74 Å². The first-order valence-electron chi connectivity index (χ1n) is 5.74. The predicted molar refractivity (Wildman–Crippen MR) is 61.9 cm³/mol. The van der Waals surface area contributed by atoms with E-state index in [0.29, 0.717) is 26.3 Å². The largest absolute Gasteiger partial charge is 0.378 e. The van der Waals surface area contributed by atoms with Crippen molar-refractivity contribution in [1.82, 2.24) is 10.2 Å². The van der Waals surface area contributed by atoms with Crippen molar-refractivity contribution in [3.63, 3.8) is 0 Å². The van der Waals surface area contributed by atoms with Gasteiger partial charge in [0.05, 0.1) is 25.2 Å². The number of nitriles is 1. The first kappa shape index (κ1) is 14.7. The Morgan fingerprint density at radius 2 is 2.31 bits per heavy atom. The first-order chi connectivity index (χ1) is 7.74. The van der Waals surface area contributed by atoms with Gasteiger partial charge in [-0.3, -0.25) is 0 Å². The Labute approximate surface area is 97.4 Å². The van der Waals surface area contributed by atoms with Crippen LogP contribution in [0.3, 0.4) is 0 Å². The second-order valence-electron chi connectivity index (χ2n) is 3.32. The van der Waals surface area contributed by atoms with Gasteiger partial charge in [0, 0.05) is 19.6 Å². The average molecular weight is 227 g/mol. The van der Waals surface area contributed by atoms with Gasteiger partial charge in [-0.15, -0.1) is 0 Å². The molecular formula is C11H21N3O2. The smallest absolute Gasteiger partial charge is 0.317 e. The summed E-state index contributed by atoms with van der Waals surface area (Å²) in [5.74, 6) is -0.0811. The number of urea groups is 1. The highest BCUT2D eigenvalue weighted by molar-refractivity contribution is 5.76. The molecule has 1 unspecified atom stereocenters. The van der Waals surface area contributed by atoms with Crippen molar-refractivity contribution in [2.45, 2.75) is 20.8 Å². The van der Waals surface area contributed by atoms with Crippen LogP contribution >= 0.6 is 0 Å². The first-order valence-corrected chi connectivity index (χ1v) is 5.74. The third-order valence-electron chi connectivity index (χ3n) is 2.04. The molecule has 0 bridgehead atoms. The molecule has 0 aromatic carbocycles. The molecule has 0 radical (unpaired) electrons. The molecule has 5 nitrogen and oxygen atoms in total. The summed E-state index contributed by atoms with van der Waals surface area (Å²) in [5.41, 5.74) is 0. The van der Waals surface area contributed by atoms with Gasteiger partial charge in [0.15, 0.2) is 0 Å². The summed E-state index contributed by atoms with van der Waals surface area (Å²) < 4.78 is 5.25. The van der Waals surface area contributed by atoms with Gasteiger partial charge in [-0.25, -0.2) is 4.79 Å². The Balaban J connectivity index is 0.00000106. The molecule has 0 aliphatic carbocycles. The highest BCUT2D eigenvalue weighted by Gasteiger charge is 2.18. The molecule has 1 atom stereocenters. The van der Waals surface area contributed by atoms with Crippen LogP contribution in [0.1, 0.15) is 20.8 Å². The van der Waals surface area contributed by atoms with Gasteiger partial charge in [0.2, 0.25) is 0 Å². The predicted octanol–water partition coefficient (Wildman–Crippen LogP) is 1.21. The lowest BCUT2D eigenvalue weighted by molar-refractivity contribution is 0.103. The van der Waals surface area contributed by atoms with Crippen molar-refractivity contribution >= 4 is 6.03 Å². The average Bonchev–Trinajstić information content (AvgIpc) is 2.73. The lowest BCUT2D eigenvalue weighted by Gasteiger charge is -2.13. The van der Waals surface area contributed by atoms with Crippen LogP contribution in [0.15, 0.2) is 0 Å². The fourth-order valence-electron chi connectivity index (χ4n) is 1.20. The third kappa shape index (κ3) is 5.56. The van der Waals surface area contributed by atoms with E-state index in [-0.39, 0.29) is 11.9 Å². The fourth-order valence-corrected chi connectivity index (χ4v) is 1.20. The minimum atomic E-state index is -0.0811. The molecule has 0 aromatic rings. The van der Waals surface area contributed by atoms with Crippen molar-refractivity contribution in [3.05, 3.63) is 0 Å². The second kappa shape index (κ2) is 8.98. The monoisotopic (exact) mass is 227 g/mol. The molecule has 1 aliphatic heterocycles. The summed E-state index contributed by atoms with van der Waals surface area (Å²) in [7, 11) is 0. The van der Waals surface area contributed by atoms with Crippen molar-refractivity contribution in [2.24, 2.45) is 5.92 Å². The molecule has 2 amide bonds. The van der Waals surface area contributed by atoms with E-state index in [0.717, 1.165) is 6.54 Å². The number of hydrogen-bond acceptors (Lipinski definition) is 3. The molecule has 16 heavy (non-hydrogen) atoms. The van der Waals surface area contributed by atoms with E-state index < -0.39 is 0 Å². The van der Waals surface area contributed by atoms with Gasteiger partial charge < -0.3 is 15.0 Å². The zero-order valence-corrected chi connectivity index (χ0v) is 10.3. The third-order valence-corrected chi connectivity index (χ3v) is 2.04. The van der Waals surface area contributed by atoms with Crippen LogP contribution in [0.2, 0.25) is 0 Å². The number of nitrogens with one attached hydrogen (secondary N) is 1. The van der Waals surface area contributed by atoms with Crippen LogP contribution in [-0.4, -0.2) is 43.8 Å². The zero-order valence-electron chi connectivity index (χ0n) is 10.3. The molecule has 0 aromatic heterocycles. The normalized spacial score (nSPS) is 15.9. The van der Waals surface area contributed by atoms with E-state index in [4.69, 9.17) is 10.00 Å². The minimum absolute atomic E-state index is 0.0260. The van der Waals surface area contributed by atoms with Gasteiger partial charge >= 0.3 is 6.03 Å². The SMILES string of the molecule is CC.CC(C#N)COCCN1CCNC1=O. The molecule has 1 rings (SSSR count). The Morgan fingerprint density at radius 3 is 2.81 bits per heavy atom. The van der Waals surface area contributed by atoms with E-state index in [1.807, 2.05) is 20.8 Å². The van der Waals surface area contributed by atoms with E-state index in [1.165, 1.54) is 0 Å². The standard InChI is InChI=1S/C9H15N3O2.C2H6/c1-8(6-10)7-14-5-4-12-3-2-11-9(12)13;1-2/h8H,2-5,7H2,1H3,(H,11,13);1-2H3. The highest BCUT2D eigenvalue weighted by atomic mass is 16.5. The zero-order chi connectivity index (χ0) is 12.4. The van der Waals surface area contributed by atoms with Gasteiger partial charge in [0.1, 0.15) is 0 Å². The molecule has 1 fully saturated rings. The number of hydrogen-bond donors (Lipinski definition) is 1. The summed E-state index contributed by atoms with van der Waals surface area (Å²) in [6.07, 6.45) is 0. The molecule has 1 N–H and O–H groups in total. The van der Waals surface area contributed by atoms with Crippen molar-refractivity contribution < 1.29 is 9.53 Å². The molecular weight excluding hydrogens is 206 g/mol. The molecule has 1 heterocycles. The minimum Gasteiger partial charge on any atom is -0.378 e. The summed E-state index contributed by atoms with van der Waals surface area (Å²) in [5, 5.41) is 11.2. The molecule has 1 aliphatic rings. The Hall–Kier alpha value is -1.28. The summed E-state index contributed by atoms with van der Waals surface area (Å²) in [4.78, 5) is 12.8. The summed E-state index contributed by atoms with van der Waals surface area (Å²) >= 11 is 0. The van der Waals surface area contributed by atoms with Gasteiger partial charge in [0.25, 0.3) is 0 Å². The number of amides is 2. The topological polar surface area (TPSA) is 65.4 Å². The number of rotatable bonds is 5. The Morgan fingerprint density at radius 1 is 1.62 bits per heavy atom. The number of ether oxygens (including phenoxy) is 1. The van der Waals surface area contributed by atoms with E-state index in [9.17, 15) is 4.79 Å². The van der Waals surface area contributed by atoms with Crippen molar-refractivity contribution in [2.75, 3.05) is 32.8 Å². The van der Waals surface area contributed by atoms with E-state index in [2.05, 4.69) is 11.4 Å². The Bertz CT molecular complexity index is 238. The highest BCUT2D eigenvalue weighted by Crippen LogP contribution is 1.97. The van der Waals surface area contributed by atoms with Crippen molar-refractivity contribution in [1.29, 1.82) is 5.26 Å². The van der Waals surface area contributed by atoms with Crippen molar-refractivity contribution in [3.8, 4) is 6.07 Å². The fraction of sp³-hybridized carbons (Fsp3) is 0.818. The van der Waals surface area contributed by atoms with Crippen LogP contribution in [0.4, 0.5) is 4.79 Å². The number of carbonyl (C=O) groups is 1. The maximum absolute atomic E-state index is 11.1.